The fraction of sp³-hybridized carbons (Fsp3) is 0.167. The topological polar surface area (TPSA) is 81.7 Å². The molecule has 124 valence electrons. The predicted octanol–water partition coefficient (Wildman–Crippen LogP) is 2.23. The van der Waals surface area contributed by atoms with E-state index in [4.69, 9.17) is 9.47 Å². The molecule has 0 unspecified atom stereocenters. The van der Waals surface area contributed by atoms with E-state index in [1.54, 1.807) is 36.4 Å². The summed E-state index contributed by atoms with van der Waals surface area (Å²) in [5, 5.41) is 2.19. The Hall–Kier alpha value is -3.15. The summed E-state index contributed by atoms with van der Waals surface area (Å²) in [7, 11) is 3.04. The van der Waals surface area contributed by atoms with Crippen LogP contribution >= 0.6 is 0 Å². The maximum absolute atomic E-state index is 12.0. The number of hydrogen-bond donors (Lipinski definition) is 1. The number of ether oxygens (including phenoxy) is 2. The van der Waals surface area contributed by atoms with E-state index in [1.165, 1.54) is 26.4 Å². The minimum absolute atomic E-state index is 0.307. The number of ketones is 1. The van der Waals surface area contributed by atoms with Gasteiger partial charge in [-0.05, 0) is 48.5 Å². The van der Waals surface area contributed by atoms with Crippen molar-refractivity contribution < 1.29 is 23.9 Å². The van der Waals surface area contributed by atoms with Gasteiger partial charge in [-0.1, -0.05) is 0 Å². The third-order valence-electron chi connectivity index (χ3n) is 3.34. The molecule has 2 rings (SSSR count). The smallest absolute Gasteiger partial charge is 0.257 e. The molecule has 2 aromatic carbocycles. The number of Topliss-reactive ketones (excluding diaryl/α,β-unsaturated/α-hetero) is 1. The van der Waals surface area contributed by atoms with E-state index in [0.29, 0.717) is 22.6 Å². The Morgan fingerprint density at radius 3 is 1.71 bits per heavy atom. The van der Waals surface area contributed by atoms with E-state index in [9.17, 15) is 14.4 Å². The molecule has 0 radical (unpaired) electrons. The van der Waals surface area contributed by atoms with Gasteiger partial charge in [-0.2, -0.15) is 0 Å². The van der Waals surface area contributed by atoms with Gasteiger partial charge in [0.25, 0.3) is 5.91 Å². The molecule has 0 saturated heterocycles. The summed E-state index contributed by atoms with van der Waals surface area (Å²) in [6.07, 6.45) is -0.409. The standard InChI is InChI=1S/C18H17NO5/c1-23-14-7-3-12(4-8-14)16(20)11-17(21)19-18(22)13-5-9-15(24-2)10-6-13/h3-10H,11H2,1-2H3,(H,19,21,22). The summed E-state index contributed by atoms with van der Waals surface area (Å²) in [6, 6.07) is 12.7. The first kappa shape index (κ1) is 17.2. The van der Waals surface area contributed by atoms with E-state index in [1.807, 2.05) is 0 Å². The van der Waals surface area contributed by atoms with Crippen LogP contribution in [0.4, 0.5) is 0 Å². The maximum atomic E-state index is 12.0. The van der Waals surface area contributed by atoms with Gasteiger partial charge in [0.05, 0.1) is 20.6 Å². The molecule has 1 N–H and O–H groups in total. The zero-order valence-corrected chi connectivity index (χ0v) is 13.4. The van der Waals surface area contributed by atoms with Crippen LogP contribution < -0.4 is 14.8 Å². The summed E-state index contributed by atoms with van der Waals surface area (Å²) in [5.74, 6) is -0.377. The lowest BCUT2D eigenvalue weighted by Gasteiger charge is -2.06. The molecule has 0 aliphatic carbocycles. The molecule has 24 heavy (non-hydrogen) atoms. The van der Waals surface area contributed by atoms with Crippen molar-refractivity contribution in [3.63, 3.8) is 0 Å². The zero-order valence-electron chi connectivity index (χ0n) is 13.4. The lowest BCUT2D eigenvalue weighted by atomic mass is 10.1. The largest absolute Gasteiger partial charge is 0.497 e. The molecule has 0 aromatic heterocycles. The van der Waals surface area contributed by atoms with Gasteiger partial charge in [0.2, 0.25) is 5.91 Å². The number of hydrogen-bond acceptors (Lipinski definition) is 5. The number of amides is 2. The zero-order chi connectivity index (χ0) is 17.5. The molecule has 0 aliphatic heterocycles. The highest BCUT2D eigenvalue weighted by Crippen LogP contribution is 2.13. The fourth-order valence-electron chi connectivity index (χ4n) is 2.01. The third kappa shape index (κ3) is 4.42. The van der Waals surface area contributed by atoms with Gasteiger partial charge in [0, 0.05) is 11.1 Å². The minimum atomic E-state index is -0.656. The normalized spacial score (nSPS) is 9.92. The minimum Gasteiger partial charge on any atom is -0.497 e. The molecule has 0 saturated carbocycles. The van der Waals surface area contributed by atoms with Crippen LogP contribution in [0.15, 0.2) is 48.5 Å². The van der Waals surface area contributed by atoms with Crippen LogP contribution in [-0.2, 0) is 4.79 Å². The Kier molecular flexibility index (Phi) is 5.68. The molecule has 2 amide bonds. The van der Waals surface area contributed by atoms with E-state index in [0.717, 1.165) is 0 Å². The Morgan fingerprint density at radius 1 is 0.792 bits per heavy atom. The number of methoxy groups -OCH3 is 2. The summed E-state index contributed by atoms with van der Waals surface area (Å²) < 4.78 is 10.00. The van der Waals surface area contributed by atoms with Crippen molar-refractivity contribution in [1.29, 1.82) is 0 Å². The van der Waals surface area contributed by atoms with Crippen LogP contribution in [0.1, 0.15) is 27.1 Å². The molecule has 0 heterocycles. The maximum Gasteiger partial charge on any atom is 0.257 e. The Morgan fingerprint density at radius 2 is 1.25 bits per heavy atom. The average molecular weight is 327 g/mol. The van der Waals surface area contributed by atoms with Crippen LogP contribution in [-0.4, -0.2) is 31.8 Å². The van der Waals surface area contributed by atoms with Crippen LogP contribution in [0.25, 0.3) is 0 Å². The van der Waals surface area contributed by atoms with E-state index in [2.05, 4.69) is 5.32 Å². The quantitative estimate of drug-likeness (QED) is 0.650. The predicted molar refractivity (Wildman–Crippen MR) is 87.4 cm³/mol. The number of carbonyl (C=O) groups excluding carboxylic acids is 3. The van der Waals surface area contributed by atoms with Crippen molar-refractivity contribution in [2.45, 2.75) is 6.42 Å². The first-order valence-electron chi connectivity index (χ1n) is 7.19. The number of imide groups is 1. The third-order valence-corrected chi connectivity index (χ3v) is 3.34. The molecule has 2 aromatic rings. The fourth-order valence-corrected chi connectivity index (χ4v) is 2.01. The highest BCUT2D eigenvalue weighted by atomic mass is 16.5. The van der Waals surface area contributed by atoms with Crippen LogP contribution in [0.3, 0.4) is 0 Å². The molecular formula is C18H17NO5. The van der Waals surface area contributed by atoms with Gasteiger partial charge < -0.3 is 9.47 Å². The number of nitrogens with one attached hydrogen (secondary N) is 1. The highest BCUT2D eigenvalue weighted by molar-refractivity contribution is 6.13. The van der Waals surface area contributed by atoms with Crippen LogP contribution in [0.2, 0.25) is 0 Å². The molecule has 0 spiro atoms. The van der Waals surface area contributed by atoms with Crippen molar-refractivity contribution >= 4 is 17.6 Å². The number of rotatable bonds is 6. The molecular weight excluding hydrogens is 310 g/mol. The van der Waals surface area contributed by atoms with Crippen LogP contribution in [0.5, 0.6) is 11.5 Å². The molecule has 0 fully saturated rings. The van der Waals surface area contributed by atoms with Gasteiger partial charge >= 0.3 is 0 Å². The van der Waals surface area contributed by atoms with Gasteiger partial charge in [-0.25, -0.2) is 0 Å². The van der Waals surface area contributed by atoms with E-state index >= 15 is 0 Å². The lowest BCUT2D eigenvalue weighted by molar-refractivity contribution is -0.119. The van der Waals surface area contributed by atoms with Crippen molar-refractivity contribution in [3.8, 4) is 11.5 Å². The van der Waals surface area contributed by atoms with Crippen molar-refractivity contribution in [2.75, 3.05) is 14.2 Å². The summed E-state index contributed by atoms with van der Waals surface area (Å²) in [6.45, 7) is 0. The Labute approximate surface area is 139 Å². The van der Waals surface area contributed by atoms with Crippen molar-refractivity contribution in [3.05, 3.63) is 59.7 Å². The van der Waals surface area contributed by atoms with E-state index < -0.39 is 18.2 Å². The van der Waals surface area contributed by atoms with Gasteiger partial charge in [0.15, 0.2) is 5.78 Å². The molecule has 0 aliphatic rings. The van der Waals surface area contributed by atoms with Crippen molar-refractivity contribution in [2.24, 2.45) is 0 Å². The second-order valence-corrected chi connectivity index (χ2v) is 4.93. The van der Waals surface area contributed by atoms with Crippen molar-refractivity contribution in [1.82, 2.24) is 5.32 Å². The van der Waals surface area contributed by atoms with Gasteiger partial charge in [-0.15, -0.1) is 0 Å². The average Bonchev–Trinajstić information content (AvgIpc) is 2.61. The monoisotopic (exact) mass is 327 g/mol. The lowest BCUT2D eigenvalue weighted by Crippen LogP contribution is -2.31. The molecule has 6 heteroatoms. The van der Waals surface area contributed by atoms with Gasteiger partial charge in [-0.3, -0.25) is 19.7 Å². The van der Waals surface area contributed by atoms with Gasteiger partial charge in [0.1, 0.15) is 11.5 Å². The second-order valence-electron chi connectivity index (χ2n) is 4.93. The summed E-state index contributed by atoms with van der Waals surface area (Å²) in [5.41, 5.74) is 0.684. The first-order chi connectivity index (χ1) is 11.5. The molecule has 6 nitrogen and oxygen atoms in total. The summed E-state index contributed by atoms with van der Waals surface area (Å²) in [4.78, 5) is 35.8. The van der Waals surface area contributed by atoms with Crippen LogP contribution in [0, 0.1) is 0 Å². The van der Waals surface area contributed by atoms with E-state index in [-0.39, 0.29) is 5.78 Å². The number of carbonyl (C=O) groups is 3. The number of benzene rings is 2. The molecule has 0 bridgehead atoms. The Balaban J connectivity index is 1.93. The SMILES string of the molecule is COc1ccc(C(=O)CC(=O)NC(=O)c2ccc(OC)cc2)cc1. The Bertz CT molecular complexity index is 672. The molecule has 0 atom stereocenters. The first-order valence-corrected chi connectivity index (χ1v) is 7.19. The highest BCUT2D eigenvalue weighted by Gasteiger charge is 2.15. The summed E-state index contributed by atoms with van der Waals surface area (Å²) >= 11 is 0. The second kappa shape index (κ2) is 7.92.